The average Bonchev–Trinajstić information content (AvgIpc) is 3.41. The normalized spacial score (nSPS) is 19.8. The highest BCUT2D eigenvalue weighted by Gasteiger charge is 2.30. The third-order valence-corrected chi connectivity index (χ3v) is 6.05. The van der Waals surface area contributed by atoms with Crippen molar-refractivity contribution in [2.75, 3.05) is 31.1 Å². The quantitative estimate of drug-likeness (QED) is 0.557. The van der Waals surface area contributed by atoms with Gasteiger partial charge in [-0.1, -0.05) is 19.8 Å². The summed E-state index contributed by atoms with van der Waals surface area (Å²) < 4.78 is 2.07. The molecule has 1 aliphatic heterocycles. The predicted octanol–water partition coefficient (Wildman–Crippen LogP) is 2.97. The van der Waals surface area contributed by atoms with Crippen LogP contribution in [-0.4, -0.2) is 56.2 Å². The van der Waals surface area contributed by atoms with E-state index >= 15 is 0 Å². The second kappa shape index (κ2) is 8.22. The molecule has 1 atom stereocenters. The van der Waals surface area contributed by atoms with E-state index in [0.29, 0.717) is 6.04 Å². The maximum Gasteiger partial charge on any atom is 0.269 e. The van der Waals surface area contributed by atoms with Crippen molar-refractivity contribution in [1.82, 2.24) is 25.1 Å². The van der Waals surface area contributed by atoms with E-state index in [2.05, 4.69) is 36.9 Å². The fourth-order valence-corrected chi connectivity index (χ4v) is 4.51. The number of nitrogens with zero attached hydrogens (tertiary/aromatic N) is 7. The van der Waals surface area contributed by atoms with Gasteiger partial charge in [-0.25, -0.2) is 4.68 Å². The number of tetrazole rings is 1. The highest BCUT2D eigenvalue weighted by Crippen LogP contribution is 2.33. The molecule has 28 heavy (non-hydrogen) atoms. The van der Waals surface area contributed by atoms with E-state index in [1.807, 2.05) is 12.1 Å². The van der Waals surface area contributed by atoms with E-state index < -0.39 is 0 Å². The van der Waals surface area contributed by atoms with Crippen molar-refractivity contribution in [3.8, 4) is 0 Å². The first-order valence-corrected chi connectivity index (χ1v) is 10.2. The van der Waals surface area contributed by atoms with Gasteiger partial charge in [-0.3, -0.25) is 15.0 Å². The van der Waals surface area contributed by atoms with Crippen molar-refractivity contribution >= 4 is 11.4 Å². The topological polar surface area (TPSA) is 93.2 Å². The standard InChI is InChI=1S/C19H27N7O2/c1-2-18(19-20-21-22-25(19)16-5-3-4-6-16)24-13-11-23(12-14-24)15-7-9-17(10-8-15)26(27)28/h7-10,16,18H,2-6,11-14H2,1H3. The summed E-state index contributed by atoms with van der Waals surface area (Å²) in [6, 6.07) is 7.51. The van der Waals surface area contributed by atoms with Crippen molar-refractivity contribution in [3.05, 3.63) is 40.2 Å². The molecule has 1 aromatic carbocycles. The maximum absolute atomic E-state index is 10.8. The number of benzene rings is 1. The van der Waals surface area contributed by atoms with Crippen LogP contribution in [0.1, 0.15) is 56.9 Å². The summed E-state index contributed by atoms with van der Waals surface area (Å²) in [6.07, 6.45) is 5.83. The zero-order valence-corrected chi connectivity index (χ0v) is 16.3. The Kier molecular flexibility index (Phi) is 5.52. The molecule has 4 rings (SSSR count). The molecule has 9 nitrogen and oxygen atoms in total. The van der Waals surface area contributed by atoms with Gasteiger partial charge in [0.1, 0.15) is 0 Å². The van der Waals surface area contributed by atoms with Crippen LogP contribution in [0.2, 0.25) is 0 Å². The fraction of sp³-hybridized carbons (Fsp3) is 0.632. The van der Waals surface area contributed by atoms with E-state index in [-0.39, 0.29) is 16.7 Å². The Morgan fingerprint density at radius 2 is 1.82 bits per heavy atom. The van der Waals surface area contributed by atoms with Crippen molar-refractivity contribution < 1.29 is 4.92 Å². The van der Waals surface area contributed by atoms with Gasteiger partial charge in [0.2, 0.25) is 0 Å². The molecular formula is C19H27N7O2. The van der Waals surface area contributed by atoms with Crippen LogP contribution in [0.15, 0.2) is 24.3 Å². The molecule has 0 spiro atoms. The summed E-state index contributed by atoms with van der Waals surface area (Å²) in [6.45, 7) is 5.82. The summed E-state index contributed by atoms with van der Waals surface area (Å²) in [5.74, 6) is 0.998. The van der Waals surface area contributed by atoms with Crippen LogP contribution in [0.5, 0.6) is 0 Å². The second-order valence-corrected chi connectivity index (χ2v) is 7.64. The van der Waals surface area contributed by atoms with Crippen LogP contribution in [0.25, 0.3) is 0 Å². The Hall–Kier alpha value is -2.55. The van der Waals surface area contributed by atoms with Gasteiger partial charge in [-0.2, -0.15) is 0 Å². The highest BCUT2D eigenvalue weighted by molar-refractivity contribution is 5.51. The molecule has 0 radical (unpaired) electrons. The minimum absolute atomic E-state index is 0.132. The van der Waals surface area contributed by atoms with Crippen LogP contribution in [0.4, 0.5) is 11.4 Å². The lowest BCUT2D eigenvalue weighted by atomic mass is 10.1. The smallest absolute Gasteiger partial charge is 0.269 e. The molecule has 1 aliphatic carbocycles. The molecule has 1 aromatic heterocycles. The van der Waals surface area contributed by atoms with Crippen molar-refractivity contribution in [2.45, 2.75) is 51.1 Å². The number of non-ortho nitro benzene ring substituents is 1. The molecule has 2 aromatic rings. The van der Waals surface area contributed by atoms with Crippen LogP contribution in [0, 0.1) is 10.1 Å². The summed E-state index contributed by atoms with van der Waals surface area (Å²) in [4.78, 5) is 15.2. The number of rotatable bonds is 6. The number of anilines is 1. The number of hydrogen-bond acceptors (Lipinski definition) is 7. The minimum atomic E-state index is -0.359. The zero-order chi connectivity index (χ0) is 19.5. The Morgan fingerprint density at radius 3 is 2.43 bits per heavy atom. The lowest BCUT2D eigenvalue weighted by molar-refractivity contribution is -0.384. The van der Waals surface area contributed by atoms with Crippen LogP contribution in [-0.2, 0) is 0 Å². The van der Waals surface area contributed by atoms with Gasteiger partial charge < -0.3 is 4.90 Å². The summed E-state index contributed by atoms with van der Waals surface area (Å²) in [7, 11) is 0. The van der Waals surface area contributed by atoms with Gasteiger partial charge in [0, 0.05) is 44.0 Å². The number of nitro benzene ring substituents is 1. The van der Waals surface area contributed by atoms with Crippen molar-refractivity contribution in [1.29, 1.82) is 0 Å². The van der Waals surface area contributed by atoms with Crippen molar-refractivity contribution in [2.24, 2.45) is 0 Å². The highest BCUT2D eigenvalue weighted by atomic mass is 16.6. The summed E-state index contributed by atoms with van der Waals surface area (Å²) >= 11 is 0. The second-order valence-electron chi connectivity index (χ2n) is 7.64. The number of hydrogen-bond donors (Lipinski definition) is 0. The lowest BCUT2D eigenvalue weighted by Crippen LogP contribution is -2.48. The van der Waals surface area contributed by atoms with Gasteiger partial charge >= 0.3 is 0 Å². The third kappa shape index (κ3) is 3.71. The van der Waals surface area contributed by atoms with Gasteiger partial charge in [0.05, 0.1) is 17.0 Å². The molecule has 1 saturated carbocycles. The summed E-state index contributed by atoms with van der Waals surface area (Å²) in [5, 5.41) is 23.5. The zero-order valence-electron chi connectivity index (χ0n) is 16.3. The SMILES string of the molecule is CCC(c1nnnn1C1CCCC1)N1CCN(c2ccc([N+](=O)[O-])cc2)CC1. The first-order chi connectivity index (χ1) is 13.7. The van der Waals surface area contributed by atoms with Crippen molar-refractivity contribution in [3.63, 3.8) is 0 Å². The van der Waals surface area contributed by atoms with E-state index in [9.17, 15) is 10.1 Å². The molecule has 2 aliphatic rings. The number of nitro groups is 1. The van der Waals surface area contributed by atoms with E-state index in [1.54, 1.807) is 12.1 Å². The minimum Gasteiger partial charge on any atom is -0.369 e. The molecule has 150 valence electrons. The van der Waals surface area contributed by atoms with Gasteiger partial charge in [0.25, 0.3) is 5.69 Å². The molecule has 1 saturated heterocycles. The lowest BCUT2D eigenvalue weighted by Gasteiger charge is -2.39. The first kappa shape index (κ1) is 18.8. The maximum atomic E-state index is 10.8. The molecule has 2 heterocycles. The molecule has 0 N–H and O–H groups in total. The predicted molar refractivity (Wildman–Crippen MR) is 105 cm³/mol. The molecule has 2 fully saturated rings. The Labute approximate surface area is 164 Å². The van der Waals surface area contributed by atoms with E-state index in [1.165, 1.54) is 25.7 Å². The molecule has 1 unspecified atom stereocenters. The van der Waals surface area contributed by atoms with Gasteiger partial charge in [-0.05, 0) is 41.8 Å². The molecular weight excluding hydrogens is 358 g/mol. The van der Waals surface area contributed by atoms with E-state index in [0.717, 1.165) is 44.1 Å². The number of aromatic nitrogens is 4. The Balaban J connectivity index is 1.42. The first-order valence-electron chi connectivity index (χ1n) is 10.2. The summed E-state index contributed by atoms with van der Waals surface area (Å²) in [5.41, 5.74) is 1.17. The largest absolute Gasteiger partial charge is 0.369 e. The van der Waals surface area contributed by atoms with Gasteiger partial charge in [0.15, 0.2) is 5.82 Å². The fourth-order valence-electron chi connectivity index (χ4n) is 4.51. The molecule has 0 bridgehead atoms. The average molecular weight is 385 g/mol. The van der Waals surface area contributed by atoms with Gasteiger partial charge in [-0.15, -0.1) is 5.10 Å². The Bertz CT molecular complexity index is 793. The van der Waals surface area contributed by atoms with E-state index in [4.69, 9.17) is 0 Å². The molecule has 9 heteroatoms. The molecule has 0 amide bonds. The van der Waals surface area contributed by atoms with Crippen LogP contribution < -0.4 is 4.90 Å². The monoisotopic (exact) mass is 385 g/mol. The Morgan fingerprint density at radius 1 is 1.14 bits per heavy atom. The van der Waals surface area contributed by atoms with Crippen LogP contribution in [0.3, 0.4) is 0 Å². The van der Waals surface area contributed by atoms with Crippen LogP contribution >= 0.6 is 0 Å². The third-order valence-electron chi connectivity index (χ3n) is 6.05. The number of piperazine rings is 1.